The molecule has 10 heteroatoms. The number of amides is 1. The summed E-state index contributed by atoms with van der Waals surface area (Å²) in [5.74, 6) is 0.792. The van der Waals surface area contributed by atoms with Crippen LogP contribution in [0.15, 0.2) is 48.9 Å². The molecule has 0 saturated carbocycles. The zero-order valence-electron chi connectivity index (χ0n) is 18.1. The highest BCUT2D eigenvalue weighted by atomic mass is 16.1. The molecule has 5 rings (SSSR count). The fourth-order valence-electron chi connectivity index (χ4n) is 3.68. The Labute approximate surface area is 184 Å². The normalized spacial score (nSPS) is 14.1. The second-order valence-corrected chi connectivity index (χ2v) is 8.09. The van der Waals surface area contributed by atoms with Crippen molar-refractivity contribution in [3.8, 4) is 11.3 Å². The van der Waals surface area contributed by atoms with Gasteiger partial charge in [-0.25, -0.2) is 4.98 Å². The third kappa shape index (κ3) is 3.76. The van der Waals surface area contributed by atoms with Gasteiger partial charge in [-0.2, -0.15) is 4.98 Å². The van der Waals surface area contributed by atoms with Crippen molar-refractivity contribution >= 4 is 28.6 Å². The minimum atomic E-state index is -0.280. The average Bonchev–Trinajstić information content (AvgIpc) is 3.19. The third-order valence-corrected chi connectivity index (χ3v) is 5.64. The molecule has 32 heavy (non-hydrogen) atoms. The molecule has 0 spiro atoms. The van der Waals surface area contributed by atoms with Crippen molar-refractivity contribution < 1.29 is 4.79 Å². The van der Waals surface area contributed by atoms with E-state index >= 15 is 0 Å². The van der Waals surface area contributed by atoms with Crippen LogP contribution in [0.5, 0.6) is 0 Å². The fourth-order valence-corrected chi connectivity index (χ4v) is 3.68. The molecular formula is C22H23N9O. The van der Waals surface area contributed by atoms with E-state index in [-0.39, 0.29) is 11.9 Å². The lowest BCUT2D eigenvalue weighted by atomic mass is 10.1. The second-order valence-electron chi connectivity index (χ2n) is 8.09. The number of nitrogens with one attached hydrogen (secondary N) is 1. The Morgan fingerprint density at radius 2 is 1.91 bits per heavy atom. The van der Waals surface area contributed by atoms with Crippen molar-refractivity contribution in [1.82, 2.24) is 34.8 Å². The van der Waals surface area contributed by atoms with Crippen molar-refractivity contribution in [3.05, 3.63) is 54.5 Å². The topological polar surface area (TPSA) is 105 Å². The van der Waals surface area contributed by atoms with Gasteiger partial charge in [0, 0.05) is 55.1 Å². The van der Waals surface area contributed by atoms with Gasteiger partial charge in [0.1, 0.15) is 11.5 Å². The number of rotatable bonds is 5. The van der Waals surface area contributed by atoms with Crippen LogP contribution >= 0.6 is 0 Å². The Morgan fingerprint density at radius 1 is 1.12 bits per heavy atom. The van der Waals surface area contributed by atoms with Crippen LogP contribution in [0, 0.1) is 0 Å². The molecule has 1 aliphatic heterocycles. The highest BCUT2D eigenvalue weighted by Crippen LogP contribution is 2.32. The van der Waals surface area contributed by atoms with Gasteiger partial charge in [-0.1, -0.05) is 11.3 Å². The van der Waals surface area contributed by atoms with Gasteiger partial charge in [-0.15, -0.1) is 5.10 Å². The van der Waals surface area contributed by atoms with Gasteiger partial charge in [-0.05, 0) is 38.4 Å². The number of carbonyl (C=O) groups is 1. The van der Waals surface area contributed by atoms with Crippen LogP contribution in [0.2, 0.25) is 0 Å². The van der Waals surface area contributed by atoms with Crippen LogP contribution in [0.25, 0.3) is 22.2 Å². The van der Waals surface area contributed by atoms with Gasteiger partial charge in [-0.3, -0.25) is 19.8 Å². The average molecular weight is 429 g/mol. The fraction of sp³-hybridized carbons (Fsp3) is 0.273. The predicted octanol–water partition coefficient (Wildman–Crippen LogP) is 1.82. The van der Waals surface area contributed by atoms with Crippen molar-refractivity contribution in [2.75, 3.05) is 37.4 Å². The number of likely N-dealkylation sites (N-methyl/N-ethyl adjacent to an activating group) is 1. The lowest BCUT2D eigenvalue weighted by molar-refractivity contribution is 0.102. The molecule has 0 radical (unpaired) electrons. The largest absolute Gasteiger partial charge is 0.353 e. The van der Waals surface area contributed by atoms with E-state index in [1.165, 1.54) is 0 Å². The lowest BCUT2D eigenvalue weighted by Gasteiger charge is -2.43. The number of aryl methyl sites for hydroxylation is 1. The molecule has 1 aromatic carbocycles. The van der Waals surface area contributed by atoms with Gasteiger partial charge in [0.05, 0.1) is 11.7 Å². The molecule has 1 fully saturated rings. The Kier molecular flexibility index (Phi) is 4.98. The third-order valence-electron chi connectivity index (χ3n) is 5.64. The summed E-state index contributed by atoms with van der Waals surface area (Å²) in [6, 6.07) is 9.73. The molecule has 0 bridgehead atoms. The minimum Gasteiger partial charge on any atom is -0.353 e. The summed E-state index contributed by atoms with van der Waals surface area (Å²) in [5, 5.41) is 12.0. The Bertz CT molecular complexity index is 1280. The van der Waals surface area contributed by atoms with E-state index in [2.05, 4.69) is 49.5 Å². The molecule has 1 amide bonds. The van der Waals surface area contributed by atoms with Crippen molar-refractivity contribution in [3.63, 3.8) is 0 Å². The first-order valence-corrected chi connectivity index (χ1v) is 10.3. The molecule has 0 unspecified atom stereocenters. The number of benzene rings is 1. The molecule has 3 aromatic heterocycles. The lowest BCUT2D eigenvalue weighted by Crippen LogP contribution is -2.57. The highest BCUT2D eigenvalue weighted by Gasteiger charge is 2.31. The second kappa shape index (κ2) is 7.97. The smallest absolute Gasteiger partial charge is 0.258 e. The van der Waals surface area contributed by atoms with Crippen molar-refractivity contribution in [2.24, 2.45) is 7.05 Å². The minimum absolute atomic E-state index is 0.263. The quantitative estimate of drug-likeness (QED) is 0.512. The van der Waals surface area contributed by atoms with E-state index in [0.29, 0.717) is 11.6 Å². The Hall–Kier alpha value is -3.92. The summed E-state index contributed by atoms with van der Waals surface area (Å²) in [5.41, 5.74) is 2.89. The molecule has 4 aromatic rings. The van der Waals surface area contributed by atoms with Crippen LogP contribution < -0.4 is 10.2 Å². The molecule has 1 N–H and O–H groups in total. The predicted molar refractivity (Wildman–Crippen MR) is 121 cm³/mol. The van der Waals surface area contributed by atoms with Crippen LogP contribution in [0.3, 0.4) is 0 Å². The van der Waals surface area contributed by atoms with E-state index in [1.807, 2.05) is 31.4 Å². The van der Waals surface area contributed by atoms with E-state index in [4.69, 9.17) is 4.98 Å². The number of carbonyl (C=O) groups excluding carboxylic acids is 1. The number of fused-ring (bicyclic) bond motifs is 1. The number of anilines is 2. The highest BCUT2D eigenvalue weighted by molar-refractivity contribution is 6.04. The first kappa shape index (κ1) is 20.0. The van der Waals surface area contributed by atoms with E-state index in [0.717, 1.165) is 41.1 Å². The van der Waals surface area contributed by atoms with E-state index in [9.17, 15) is 4.79 Å². The molecular weight excluding hydrogens is 406 g/mol. The number of pyridine rings is 1. The summed E-state index contributed by atoms with van der Waals surface area (Å²) in [6.45, 7) is 1.73. The molecule has 1 aliphatic rings. The number of hydrogen-bond acceptors (Lipinski definition) is 8. The van der Waals surface area contributed by atoms with E-state index < -0.39 is 0 Å². The van der Waals surface area contributed by atoms with Crippen LogP contribution in [0.4, 0.5) is 11.8 Å². The maximum Gasteiger partial charge on any atom is 0.258 e. The van der Waals surface area contributed by atoms with Crippen LogP contribution in [0.1, 0.15) is 10.4 Å². The molecule has 162 valence electrons. The molecule has 1 saturated heterocycles. The number of aromatic nitrogens is 6. The van der Waals surface area contributed by atoms with Gasteiger partial charge in [0.25, 0.3) is 5.91 Å². The monoisotopic (exact) mass is 429 g/mol. The standard InChI is InChI=1S/C22H23N9O/c1-29(2)16-11-31(12-16)20-17-5-4-15(19-13-30(3)28-27-19)10-18(17)24-22(25-20)26-21(32)14-6-8-23-9-7-14/h4-10,13,16H,11-12H2,1-3H3,(H,24,25,26,32). The summed E-state index contributed by atoms with van der Waals surface area (Å²) >= 11 is 0. The first-order valence-electron chi connectivity index (χ1n) is 10.3. The maximum absolute atomic E-state index is 12.7. The SMILES string of the molecule is CN(C)C1CN(c2nc(NC(=O)c3ccncc3)nc3cc(-c4cn(C)nn4)ccc23)C1. The first-order chi connectivity index (χ1) is 15.5. The van der Waals surface area contributed by atoms with Crippen LogP contribution in [-0.2, 0) is 7.05 Å². The molecule has 10 nitrogen and oxygen atoms in total. The van der Waals surface area contributed by atoms with Gasteiger partial charge in [0.15, 0.2) is 0 Å². The summed E-state index contributed by atoms with van der Waals surface area (Å²) in [7, 11) is 5.98. The van der Waals surface area contributed by atoms with E-state index in [1.54, 1.807) is 29.2 Å². The molecule has 0 aliphatic carbocycles. The zero-order chi connectivity index (χ0) is 22.2. The summed E-state index contributed by atoms with van der Waals surface area (Å²) in [6.07, 6.45) is 5.01. The molecule has 4 heterocycles. The van der Waals surface area contributed by atoms with Crippen LogP contribution in [-0.4, -0.2) is 74.0 Å². The van der Waals surface area contributed by atoms with Crippen molar-refractivity contribution in [2.45, 2.75) is 6.04 Å². The maximum atomic E-state index is 12.7. The zero-order valence-corrected chi connectivity index (χ0v) is 18.1. The van der Waals surface area contributed by atoms with Gasteiger partial charge >= 0.3 is 0 Å². The Morgan fingerprint density at radius 3 is 2.59 bits per heavy atom. The Balaban J connectivity index is 1.54. The summed E-state index contributed by atoms with van der Waals surface area (Å²) in [4.78, 5) is 30.4. The number of nitrogens with zero attached hydrogens (tertiary/aromatic N) is 8. The summed E-state index contributed by atoms with van der Waals surface area (Å²) < 4.78 is 1.66. The molecule has 0 atom stereocenters. The number of hydrogen-bond donors (Lipinski definition) is 1. The van der Waals surface area contributed by atoms with Crippen molar-refractivity contribution in [1.29, 1.82) is 0 Å². The van der Waals surface area contributed by atoms with Gasteiger partial charge < -0.3 is 9.80 Å². The van der Waals surface area contributed by atoms with Gasteiger partial charge in [0.2, 0.25) is 5.95 Å².